The van der Waals surface area contributed by atoms with Crippen molar-refractivity contribution in [1.82, 2.24) is 5.32 Å². The van der Waals surface area contributed by atoms with Crippen LogP contribution < -0.4 is 10.1 Å². The maximum atomic E-state index is 10.9. The molecule has 0 fully saturated rings. The van der Waals surface area contributed by atoms with Gasteiger partial charge in [0.2, 0.25) is 5.91 Å². The van der Waals surface area contributed by atoms with Crippen molar-refractivity contribution >= 4 is 27.8 Å². The SMILES string of the molecule is CNC(=O)CCOc1ccc(C(=O)O)cc1Br. The Labute approximate surface area is 107 Å². The summed E-state index contributed by atoms with van der Waals surface area (Å²) in [5.41, 5.74) is 0.176. The van der Waals surface area contributed by atoms with Crippen molar-refractivity contribution in [3.8, 4) is 5.75 Å². The van der Waals surface area contributed by atoms with Gasteiger partial charge in [-0.05, 0) is 34.1 Å². The number of hydrogen-bond donors (Lipinski definition) is 2. The molecule has 0 bridgehead atoms. The lowest BCUT2D eigenvalue weighted by molar-refractivity contribution is -0.121. The molecule has 0 saturated carbocycles. The number of carbonyl (C=O) groups is 2. The highest BCUT2D eigenvalue weighted by Gasteiger charge is 2.08. The molecule has 0 unspecified atom stereocenters. The first kappa shape index (κ1) is 13.5. The standard InChI is InChI=1S/C11H12BrNO4/c1-13-10(14)4-5-17-9-3-2-7(11(15)16)6-8(9)12/h2-3,6H,4-5H2,1H3,(H,13,14)(H,15,16). The molecule has 0 aliphatic rings. The molecule has 5 nitrogen and oxygen atoms in total. The molecule has 2 N–H and O–H groups in total. The molecule has 0 aliphatic heterocycles. The molecule has 17 heavy (non-hydrogen) atoms. The van der Waals surface area contributed by atoms with Crippen molar-refractivity contribution in [3.63, 3.8) is 0 Å². The molecular formula is C11H12BrNO4. The van der Waals surface area contributed by atoms with E-state index in [-0.39, 0.29) is 24.5 Å². The number of ether oxygens (including phenoxy) is 1. The van der Waals surface area contributed by atoms with Crippen LogP contribution >= 0.6 is 15.9 Å². The molecule has 1 aromatic carbocycles. The van der Waals surface area contributed by atoms with Gasteiger partial charge in [-0.25, -0.2) is 4.79 Å². The van der Waals surface area contributed by atoms with Gasteiger partial charge in [-0.1, -0.05) is 0 Å². The number of benzene rings is 1. The molecule has 1 rings (SSSR count). The minimum Gasteiger partial charge on any atom is -0.492 e. The monoisotopic (exact) mass is 301 g/mol. The van der Waals surface area contributed by atoms with E-state index in [1.165, 1.54) is 12.1 Å². The van der Waals surface area contributed by atoms with Crippen LogP contribution in [-0.2, 0) is 4.79 Å². The lowest BCUT2D eigenvalue weighted by Crippen LogP contribution is -2.20. The summed E-state index contributed by atoms with van der Waals surface area (Å²) in [6.07, 6.45) is 0.254. The third kappa shape index (κ3) is 4.07. The van der Waals surface area contributed by atoms with Gasteiger partial charge < -0.3 is 15.2 Å². The Balaban J connectivity index is 2.60. The second-order valence-corrected chi connectivity index (χ2v) is 4.08. The Morgan fingerprint density at radius 2 is 2.18 bits per heavy atom. The number of aromatic carboxylic acids is 1. The van der Waals surface area contributed by atoms with Gasteiger partial charge in [0.25, 0.3) is 0 Å². The van der Waals surface area contributed by atoms with E-state index < -0.39 is 5.97 Å². The highest BCUT2D eigenvalue weighted by atomic mass is 79.9. The van der Waals surface area contributed by atoms with Crippen molar-refractivity contribution in [2.24, 2.45) is 0 Å². The Morgan fingerprint density at radius 3 is 2.71 bits per heavy atom. The molecule has 0 aliphatic carbocycles. The third-order valence-electron chi connectivity index (χ3n) is 2.04. The third-order valence-corrected chi connectivity index (χ3v) is 2.66. The first-order valence-corrected chi connectivity index (χ1v) is 5.70. The number of amides is 1. The molecule has 1 amide bonds. The lowest BCUT2D eigenvalue weighted by Gasteiger charge is -2.08. The summed E-state index contributed by atoms with van der Waals surface area (Å²) in [5.74, 6) is -0.593. The zero-order chi connectivity index (χ0) is 12.8. The Bertz CT molecular complexity index is 433. The average Bonchev–Trinajstić information content (AvgIpc) is 2.30. The maximum Gasteiger partial charge on any atom is 0.335 e. The van der Waals surface area contributed by atoms with Gasteiger partial charge in [-0.15, -0.1) is 0 Å². The summed E-state index contributed by atoms with van der Waals surface area (Å²) >= 11 is 3.21. The number of halogens is 1. The second-order valence-electron chi connectivity index (χ2n) is 3.22. The van der Waals surface area contributed by atoms with Crippen LogP contribution in [0.3, 0.4) is 0 Å². The van der Waals surface area contributed by atoms with Crippen LogP contribution in [0.4, 0.5) is 0 Å². The number of carboxylic acid groups (broad SMARTS) is 1. The lowest BCUT2D eigenvalue weighted by atomic mass is 10.2. The summed E-state index contributed by atoms with van der Waals surface area (Å²) < 4.78 is 5.89. The summed E-state index contributed by atoms with van der Waals surface area (Å²) in [6, 6.07) is 4.46. The van der Waals surface area contributed by atoms with E-state index >= 15 is 0 Å². The number of carboxylic acids is 1. The smallest absolute Gasteiger partial charge is 0.335 e. The molecule has 0 atom stereocenters. The van der Waals surface area contributed by atoms with E-state index in [1.807, 2.05) is 0 Å². The van der Waals surface area contributed by atoms with E-state index in [2.05, 4.69) is 21.2 Å². The van der Waals surface area contributed by atoms with E-state index in [4.69, 9.17) is 9.84 Å². The summed E-state index contributed by atoms with van der Waals surface area (Å²) in [5, 5.41) is 11.2. The van der Waals surface area contributed by atoms with Crippen molar-refractivity contribution in [2.75, 3.05) is 13.7 Å². The van der Waals surface area contributed by atoms with Crippen LogP contribution in [0.2, 0.25) is 0 Å². The quantitative estimate of drug-likeness (QED) is 0.867. The van der Waals surface area contributed by atoms with Gasteiger partial charge in [0.1, 0.15) is 5.75 Å². The van der Waals surface area contributed by atoms with E-state index in [1.54, 1.807) is 13.1 Å². The fourth-order valence-electron chi connectivity index (χ4n) is 1.13. The molecular weight excluding hydrogens is 290 g/mol. The first-order valence-electron chi connectivity index (χ1n) is 4.91. The summed E-state index contributed by atoms with van der Waals surface area (Å²) in [7, 11) is 1.56. The topological polar surface area (TPSA) is 75.6 Å². The molecule has 6 heteroatoms. The van der Waals surface area contributed by atoms with Crippen LogP contribution in [0.5, 0.6) is 5.75 Å². The van der Waals surface area contributed by atoms with Crippen molar-refractivity contribution in [2.45, 2.75) is 6.42 Å². The number of rotatable bonds is 5. The normalized spacial score (nSPS) is 9.76. The van der Waals surface area contributed by atoms with Gasteiger partial charge in [-0.2, -0.15) is 0 Å². The van der Waals surface area contributed by atoms with Gasteiger partial charge in [-0.3, -0.25) is 4.79 Å². The average molecular weight is 302 g/mol. The number of nitrogens with one attached hydrogen (secondary N) is 1. The van der Waals surface area contributed by atoms with Crippen LogP contribution in [-0.4, -0.2) is 30.6 Å². The Morgan fingerprint density at radius 1 is 1.47 bits per heavy atom. The predicted octanol–water partition coefficient (Wildman–Crippen LogP) is 1.66. The van der Waals surface area contributed by atoms with Crippen LogP contribution in [0, 0.1) is 0 Å². The summed E-state index contributed by atoms with van der Waals surface area (Å²) in [4.78, 5) is 21.6. The number of carbonyl (C=O) groups excluding carboxylic acids is 1. The second kappa shape index (κ2) is 6.24. The van der Waals surface area contributed by atoms with Crippen LogP contribution in [0.15, 0.2) is 22.7 Å². The van der Waals surface area contributed by atoms with Crippen molar-refractivity contribution in [3.05, 3.63) is 28.2 Å². The molecule has 92 valence electrons. The van der Waals surface area contributed by atoms with E-state index in [0.717, 1.165) is 0 Å². The van der Waals surface area contributed by atoms with Crippen LogP contribution in [0.1, 0.15) is 16.8 Å². The minimum absolute atomic E-state index is 0.108. The molecule has 0 heterocycles. The first-order chi connectivity index (χ1) is 8.04. The molecule has 1 aromatic rings. The highest BCUT2D eigenvalue weighted by molar-refractivity contribution is 9.10. The minimum atomic E-state index is -0.998. The fourth-order valence-corrected chi connectivity index (χ4v) is 1.62. The predicted molar refractivity (Wildman–Crippen MR) is 65.3 cm³/mol. The van der Waals surface area contributed by atoms with Crippen LogP contribution in [0.25, 0.3) is 0 Å². The van der Waals surface area contributed by atoms with E-state index in [9.17, 15) is 9.59 Å². The van der Waals surface area contributed by atoms with Crippen molar-refractivity contribution in [1.29, 1.82) is 0 Å². The summed E-state index contributed by atoms with van der Waals surface area (Å²) in [6.45, 7) is 0.241. The molecule has 0 spiro atoms. The molecule has 0 aromatic heterocycles. The van der Waals surface area contributed by atoms with Crippen molar-refractivity contribution < 1.29 is 19.4 Å². The Hall–Kier alpha value is -1.56. The molecule has 0 saturated heterocycles. The fraction of sp³-hybridized carbons (Fsp3) is 0.273. The number of hydrogen-bond acceptors (Lipinski definition) is 3. The largest absolute Gasteiger partial charge is 0.492 e. The maximum absolute atomic E-state index is 10.9. The van der Waals surface area contributed by atoms with Gasteiger partial charge in [0.05, 0.1) is 23.1 Å². The highest BCUT2D eigenvalue weighted by Crippen LogP contribution is 2.26. The van der Waals surface area contributed by atoms with Gasteiger partial charge >= 0.3 is 5.97 Å². The molecule has 0 radical (unpaired) electrons. The zero-order valence-electron chi connectivity index (χ0n) is 9.20. The van der Waals surface area contributed by atoms with Gasteiger partial charge in [0.15, 0.2) is 0 Å². The van der Waals surface area contributed by atoms with E-state index in [0.29, 0.717) is 10.2 Å². The Kier molecular flexibility index (Phi) is 4.96. The van der Waals surface area contributed by atoms with Gasteiger partial charge in [0, 0.05) is 7.05 Å². The zero-order valence-corrected chi connectivity index (χ0v) is 10.8.